The summed E-state index contributed by atoms with van der Waals surface area (Å²) in [6.07, 6.45) is 14.1. The van der Waals surface area contributed by atoms with E-state index in [2.05, 4.69) is 20.8 Å². The van der Waals surface area contributed by atoms with Crippen LogP contribution in [0.15, 0.2) is 29.2 Å². The van der Waals surface area contributed by atoms with Crippen molar-refractivity contribution in [2.24, 2.45) is 0 Å². The van der Waals surface area contributed by atoms with Crippen LogP contribution in [0.1, 0.15) is 103 Å². The summed E-state index contributed by atoms with van der Waals surface area (Å²) in [5, 5.41) is 0. The Morgan fingerprint density at radius 1 is 0.667 bits per heavy atom. The zero-order valence-corrected chi connectivity index (χ0v) is 21.9. The largest absolute Gasteiger partial charge is 0.311 e. The van der Waals surface area contributed by atoms with Gasteiger partial charge in [-0.15, -0.1) is 0 Å². The molecule has 0 atom stereocenters. The summed E-state index contributed by atoms with van der Waals surface area (Å²) in [7, 11) is -6.07. The highest BCUT2D eigenvalue weighted by molar-refractivity contribution is 7.87. The molecule has 0 aliphatic rings. The van der Waals surface area contributed by atoms with Crippen LogP contribution in [0.2, 0.25) is 18.1 Å². The van der Waals surface area contributed by atoms with Crippen molar-refractivity contribution in [1.29, 1.82) is 0 Å². The number of hydrogen-bond acceptors (Lipinski definition) is 3. The van der Waals surface area contributed by atoms with Gasteiger partial charge in [-0.25, -0.2) is 0 Å². The summed E-state index contributed by atoms with van der Waals surface area (Å²) < 4.78 is 32.8. The van der Waals surface area contributed by atoms with Gasteiger partial charge in [-0.3, -0.25) is 0 Å². The van der Waals surface area contributed by atoms with Crippen molar-refractivity contribution < 1.29 is 12.3 Å². The van der Waals surface area contributed by atoms with Gasteiger partial charge in [-0.2, -0.15) is 8.42 Å². The first-order valence-corrected chi connectivity index (χ1v) is 16.3. The van der Waals surface area contributed by atoms with Gasteiger partial charge in [0.05, 0.1) is 4.90 Å². The van der Waals surface area contributed by atoms with Crippen molar-refractivity contribution in [2.45, 2.75) is 128 Å². The molecule has 0 fully saturated rings. The van der Waals surface area contributed by atoms with Crippen molar-refractivity contribution in [3.05, 3.63) is 29.8 Å². The van der Waals surface area contributed by atoms with Crippen molar-refractivity contribution >= 4 is 18.4 Å². The summed E-state index contributed by atoms with van der Waals surface area (Å²) in [5.41, 5.74) is 1.07. The quantitative estimate of drug-likeness (QED) is 0.165. The molecule has 3 nitrogen and oxygen atoms in total. The topological polar surface area (TPSA) is 43.4 Å². The van der Waals surface area contributed by atoms with E-state index >= 15 is 0 Å². The predicted octanol–water partition coefficient (Wildman–Crippen LogP) is 8.39. The zero-order chi connectivity index (χ0) is 22.3. The average molecular weight is 455 g/mol. The van der Waals surface area contributed by atoms with Crippen molar-refractivity contribution in [3.8, 4) is 0 Å². The van der Waals surface area contributed by atoms with E-state index in [9.17, 15) is 8.42 Å². The predicted molar refractivity (Wildman–Crippen MR) is 132 cm³/mol. The minimum Gasteiger partial charge on any atom is -0.311 e. The number of benzene rings is 1. The van der Waals surface area contributed by atoms with Crippen LogP contribution in [0.5, 0.6) is 0 Å². The van der Waals surface area contributed by atoms with Crippen LogP contribution in [0, 0.1) is 6.92 Å². The second-order valence-electron chi connectivity index (χ2n) is 8.97. The normalized spacial score (nSPS) is 12.4. The fourth-order valence-corrected chi connectivity index (χ4v) is 11.3. The molecule has 0 bridgehead atoms. The molecule has 0 aromatic heterocycles. The first kappa shape index (κ1) is 27.4. The molecule has 0 amide bonds. The first-order valence-electron chi connectivity index (χ1n) is 12.4. The SMILES string of the molecule is CCCCCC[Si](CCCCCC)(CCCCCC)OS(=O)(=O)c1ccc(C)cc1. The zero-order valence-electron chi connectivity index (χ0n) is 20.0. The third kappa shape index (κ3) is 10.6. The van der Waals surface area contributed by atoms with Gasteiger partial charge in [0.25, 0.3) is 10.1 Å². The summed E-state index contributed by atoms with van der Waals surface area (Å²) in [5.74, 6) is 0. The van der Waals surface area contributed by atoms with Gasteiger partial charge in [0.2, 0.25) is 8.32 Å². The van der Waals surface area contributed by atoms with Gasteiger partial charge in [0, 0.05) is 0 Å². The molecule has 1 rings (SSSR count). The highest BCUT2D eigenvalue weighted by Crippen LogP contribution is 2.34. The minimum atomic E-state index is -3.70. The lowest BCUT2D eigenvalue weighted by Crippen LogP contribution is -2.40. The van der Waals surface area contributed by atoms with E-state index < -0.39 is 18.4 Å². The van der Waals surface area contributed by atoms with Crippen LogP contribution in [-0.4, -0.2) is 16.7 Å². The molecule has 0 heterocycles. The second kappa shape index (κ2) is 15.2. The molecule has 0 saturated carbocycles. The molecule has 0 radical (unpaired) electrons. The van der Waals surface area contributed by atoms with Gasteiger partial charge in [0.1, 0.15) is 0 Å². The van der Waals surface area contributed by atoms with Crippen LogP contribution in [0.25, 0.3) is 0 Å². The van der Waals surface area contributed by atoms with Crippen molar-refractivity contribution in [1.82, 2.24) is 0 Å². The van der Waals surface area contributed by atoms with Gasteiger partial charge in [-0.05, 0) is 37.2 Å². The maximum atomic E-state index is 13.2. The molecule has 0 spiro atoms. The maximum absolute atomic E-state index is 13.2. The highest BCUT2D eigenvalue weighted by atomic mass is 32.2. The molecule has 0 saturated heterocycles. The fourth-order valence-electron chi connectivity index (χ4n) is 4.11. The number of hydrogen-bond donors (Lipinski definition) is 0. The monoisotopic (exact) mass is 454 g/mol. The first-order chi connectivity index (χ1) is 14.4. The van der Waals surface area contributed by atoms with Gasteiger partial charge in [-0.1, -0.05) is 116 Å². The molecular weight excluding hydrogens is 408 g/mol. The van der Waals surface area contributed by atoms with Crippen LogP contribution in [0.4, 0.5) is 0 Å². The van der Waals surface area contributed by atoms with Crippen LogP contribution in [-0.2, 0) is 14.0 Å². The summed E-state index contributed by atoms with van der Waals surface area (Å²) >= 11 is 0. The Morgan fingerprint density at radius 3 is 1.43 bits per heavy atom. The highest BCUT2D eigenvalue weighted by Gasteiger charge is 2.39. The molecular formula is C25H46O3SSi. The summed E-state index contributed by atoms with van der Waals surface area (Å²) in [4.78, 5) is 0.320. The summed E-state index contributed by atoms with van der Waals surface area (Å²) in [6.45, 7) is 8.64. The fraction of sp³-hybridized carbons (Fsp3) is 0.760. The Bertz CT molecular complexity index is 624. The maximum Gasteiger partial charge on any atom is 0.287 e. The van der Waals surface area contributed by atoms with Crippen molar-refractivity contribution in [2.75, 3.05) is 0 Å². The smallest absolute Gasteiger partial charge is 0.287 e. The Morgan fingerprint density at radius 2 is 1.07 bits per heavy atom. The third-order valence-corrected chi connectivity index (χ3v) is 13.0. The Labute approximate surface area is 188 Å². The Hall–Kier alpha value is -0.653. The molecule has 0 aliphatic carbocycles. The van der Waals surface area contributed by atoms with Crippen LogP contribution in [0.3, 0.4) is 0 Å². The molecule has 174 valence electrons. The lowest BCUT2D eigenvalue weighted by atomic mass is 10.2. The van der Waals surface area contributed by atoms with E-state index in [4.69, 9.17) is 3.87 Å². The molecule has 0 aliphatic heterocycles. The van der Waals surface area contributed by atoms with Gasteiger partial charge < -0.3 is 3.87 Å². The molecule has 1 aromatic carbocycles. The molecule has 1 aromatic rings. The second-order valence-corrected chi connectivity index (χ2v) is 14.9. The lowest BCUT2D eigenvalue weighted by molar-refractivity contribution is 0.462. The van der Waals surface area contributed by atoms with E-state index in [0.717, 1.165) is 43.0 Å². The minimum absolute atomic E-state index is 0.320. The van der Waals surface area contributed by atoms with Crippen molar-refractivity contribution in [3.63, 3.8) is 0 Å². The van der Waals surface area contributed by atoms with Gasteiger partial charge in [0.15, 0.2) is 0 Å². The number of unbranched alkanes of at least 4 members (excludes halogenated alkanes) is 9. The molecule has 0 N–H and O–H groups in total. The third-order valence-electron chi connectivity index (χ3n) is 6.05. The van der Waals surface area contributed by atoms with Gasteiger partial charge >= 0.3 is 0 Å². The standard InChI is InChI=1S/C25H46O3SSi/c1-5-8-11-14-21-30(22-15-12-9-6-2,23-16-13-10-7-3)28-29(26,27)25-19-17-24(4)18-20-25/h17-20H,5-16,21-23H2,1-4H3. The van der Waals surface area contributed by atoms with Crippen LogP contribution < -0.4 is 0 Å². The average Bonchev–Trinajstić information content (AvgIpc) is 2.72. The van der Waals surface area contributed by atoms with E-state index in [1.807, 2.05) is 19.1 Å². The number of rotatable bonds is 18. The molecule has 5 heteroatoms. The number of aryl methyl sites for hydroxylation is 1. The van der Waals surface area contributed by atoms with E-state index in [-0.39, 0.29) is 0 Å². The Balaban J connectivity index is 3.04. The summed E-state index contributed by atoms with van der Waals surface area (Å²) in [6, 6.07) is 10.1. The lowest BCUT2D eigenvalue weighted by Gasteiger charge is -2.31. The Kier molecular flexibility index (Phi) is 13.9. The van der Waals surface area contributed by atoms with Crippen LogP contribution >= 0.6 is 0 Å². The van der Waals surface area contributed by atoms with E-state index in [1.54, 1.807) is 12.1 Å². The van der Waals surface area contributed by atoms with E-state index in [0.29, 0.717) is 4.90 Å². The molecule has 0 unspecified atom stereocenters. The van der Waals surface area contributed by atoms with E-state index in [1.165, 1.54) is 57.8 Å². The molecule has 30 heavy (non-hydrogen) atoms.